The summed E-state index contributed by atoms with van der Waals surface area (Å²) in [7, 11) is 1.61. The monoisotopic (exact) mass is 285 g/mol. The van der Waals surface area contributed by atoms with Crippen molar-refractivity contribution < 1.29 is 19.0 Å². The van der Waals surface area contributed by atoms with Crippen LogP contribution in [0.15, 0.2) is 18.2 Å². The number of ether oxygens (including phenoxy) is 2. The molecule has 0 amide bonds. The summed E-state index contributed by atoms with van der Waals surface area (Å²) in [5, 5.41) is 12.8. The summed E-state index contributed by atoms with van der Waals surface area (Å²) in [6.07, 6.45) is 0.282. The number of aryl methyl sites for hydroxylation is 1. The Balaban J connectivity index is 2.12. The highest BCUT2D eigenvalue weighted by atomic mass is 19.1. The average molecular weight is 285 g/mol. The van der Waals surface area contributed by atoms with Crippen LogP contribution in [0.4, 0.5) is 4.39 Å². The van der Waals surface area contributed by atoms with Gasteiger partial charge in [0.05, 0.1) is 25.9 Å². The van der Waals surface area contributed by atoms with Gasteiger partial charge in [-0.2, -0.15) is 0 Å². The highest BCUT2D eigenvalue weighted by Gasteiger charge is 2.04. The second-order valence-electron chi connectivity index (χ2n) is 4.75. The molecule has 2 N–H and O–H groups in total. The predicted octanol–water partition coefficient (Wildman–Crippen LogP) is 1.29. The van der Waals surface area contributed by atoms with Gasteiger partial charge < -0.3 is 19.9 Å². The maximum absolute atomic E-state index is 12.9. The molecule has 4 nitrogen and oxygen atoms in total. The van der Waals surface area contributed by atoms with E-state index in [0.717, 1.165) is 24.1 Å². The Morgan fingerprint density at radius 3 is 2.85 bits per heavy atom. The van der Waals surface area contributed by atoms with E-state index in [-0.39, 0.29) is 5.82 Å². The van der Waals surface area contributed by atoms with Gasteiger partial charge in [-0.1, -0.05) is 6.07 Å². The maximum Gasteiger partial charge on any atom is 0.123 e. The van der Waals surface area contributed by atoms with Crippen LogP contribution in [0, 0.1) is 12.7 Å². The molecule has 1 unspecified atom stereocenters. The van der Waals surface area contributed by atoms with E-state index in [1.54, 1.807) is 13.2 Å². The van der Waals surface area contributed by atoms with Crippen LogP contribution >= 0.6 is 0 Å². The second-order valence-corrected chi connectivity index (χ2v) is 4.75. The number of aliphatic hydroxyl groups is 1. The molecule has 1 rings (SSSR count). The number of aliphatic hydroxyl groups excluding tert-OH is 1. The molecule has 5 heteroatoms. The zero-order chi connectivity index (χ0) is 14.8. The van der Waals surface area contributed by atoms with Crippen LogP contribution in [0.1, 0.15) is 11.1 Å². The highest BCUT2D eigenvalue weighted by Crippen LogP contribution is 2.10. The molecule has 1 aromatic carbocycles. The first-order chi connectivity index (χ1) is 9.63. The van der Waals surface area contributed by atoms with Gasteiger partial charge in [0.2, 0.25) is 0 Å². The Kier molecular flexibility index (Phi) is 8.37. The fraction of sp³-hybridized carbons (Fsp3) is 0.600. The summed E-state index contributed by atoms with van der Waals surface area (Å²) in [6.45, 7) is 4.43. The van der Waals surface area contributed by atoms with Crippen molar-refractivity contribution in [2.45, 2.75) is 19.4 Å². The topological polar surface area (TPSA) is 50.7 Å². The Bertz CT molecular complexity index is 387. The first-order valence-electron chi connectivity index (χ1n) is 6.84. The van der Waals surface area contributed by atoms with E-state index in [9.17, 15) is 9.50 Å². The van der Waals surface area contributed by atoms with Gasteiger partial charge in [0, 0.05) is 13.7 Å². The van der Waals surface area contributed by atoms with Crippen LogP contribution < -0.4 is 5.32 Å². The SMILES string of the molecule is COCCOCC(O)CNCCc1ccc(F)cc1C. The lowest BCUT2D eigenvalue weighted by Crippen LogP contribution is -2.32. The molecule has 1 atom stereocenters. The number of hydrogen-bond donors (Lipinski definition) is 2. The standard InChI is InChI=1S/C15H24FNO3/c1-12-9-14(16)4-3-13(12)5-6-17-10-15(18)11-20-8-7-19-2/h3-4,9,15,17-18H,5-8,10-11H2,1-2H3. The normalized spacial score (nSPS) is 12.6. The molecule has 0 saturated carbocycles. The van der Waals surface area contributed by atoms with Crippen molar-refractivity contribution in [2.75, 3.05) is 40.0 Å². The largest absolute Gasteiger partial charge is 0.389 e. The van der Waals surface area contributed by atoms with Gasteiger partial charge in [-0.3, -0.25) is 0 Å². The quantitative estimate of drug-likeness (QED) is 0.636. The molecule has 20 heavy (non-hydrogen) atoms. The fourth-order valence-electron chi connectivity index (χ4n) is 1.85. The zero-order valence-corrected chi connectivity index (χ0v) is 12.2. The number of hydrogen-bond acceptors (Lipinski definition) is 4. The lowest BCUT2D eigenvalue weighted by Gasteiger charge is -2.12. The molecule has 0 heterocycles. The minimum atomic E-state index is -0.527. The molecule has 0 radical (unpaired) electrons. The van der Waals surface area contributed by atoms with Gasteiger partial charge in [0.25, 0.3) is 0 Å². The van der Waals surface area contributed by atoms with Gasteiger partial charge in [-0.05, 0) is 43.1 Å². The van der Waals surface area contributed by atoms with Gasteiger partial charge in [0.15, 0.2) is 0 Å². The van der Waals surface area contributed by atoms with E-state index in [0.29, 0.717) is 26.4 Å². The number of halogens is 1. The number of benzene rings is 1. The molecule has 0 aromatic heterocycles. The molecule has 114 valence electrons. The molecular weight excluding hydrogens is 261 g/mol. The second kappa shape index (κ2) is 9.83. The third-order valence-corrected chi connectivity index (χ3v) is 3.00. The molecule has 1 aromatic rings. The van der Waals surface area contributed by atoms with E-state index in [1.807, 2.05) is 6.92 Å². The maximum atomic E-state index is 12.9. The van der Waals surface area contributed by atoms with Crippen molar-refractivity contribution in [3.05, 3.63) is 35.1 Å². The number of rotatable bonds is 10. The molecule has 0 saturated heterocycles. The third kappa shape index (κ3) is 6.96. The van der Waals surface area contributed by atoms with Gasteiger partial charge >= 0.3 is 0 Å². The van der Waals surface area contributed by atoms with E-state index < -0.39 is 6.10 Å². The average Bonchev–Trinajstić information content (AvgIpc) is 2.41. The summed E-state index contributed by atoms with van der Waals surface area (Å²) in [6, 6.07) is 4.81. The van der Waals surface area contributed by atoms with Crippen LogP contribution in [0.5, 0.6) is 0 Å². The predicted molar refractivity (Wildman–Crippen MR) is 76.4 cm³/mol. The summed E-state index contributed by atoms with van der Waals surface area (Å²) in [4.78, 5) is 0. The molecule has 0 aliphatic carbocycles. The number of nitrogens with one attached hydrogen (secondary N) is 1. The lowest BCUT2D eigenvalue weighted by molar-refractivity contribution is 0.0139. The van der Waals surface area contributed by atoms with Crippen LogP contribution in [-0.2, 0) is 15.9 Å². The zero-order valence-electron chi connectivity index (χ0n) is 12.2. The molecule has 0 fully saturated rings. The van der Waals surface area contributed by atoms with Gasteiger partial charge in [0.1, 0.15) is 5.82 Å². The fourth-order valence-corrected chi connectivity index (χ4v) is 1.85. The Labute approximate surface area is 119 Å². The summed E-state index contributed by atoms with van der Waals surface area (Å²) < 4.78 is 23.0. The van der Waals surface area contributed by atoms with Crippen LogP contribution in [-0.4, -0.2) is 51.2 Å². The number of methoxy groups -OCH3 is 1. The van der Waals surface area contributed by atoms with Crippen molar-refractivity contribution in [2.24, 2.45) is 0 Å². The first kappa shape index (κ1) is 17.0. The first-order valence-corrected chi connectivity index (χ1v) is 6.84. The minimum Gasteiger partial charge on any atom is -0.389 e. The summed E-state index contributed by atoms with van der Waals surface area (Å²) in [5.41, 5.74) is 2.07. The Morgan fingerprint density at radius 1 is 1.35 bits per heavy atom. The Morgan fingerprint density at radius 2 is 2.15 bits per heavy atom. The Hall–Kier alpha value is -1.01. The summed E-state index contributed by atoms with van der Waals surface area (Å²) in [5.74, 6) is -0.206. The van der Waals surface area contributed by atoms with Crippen molar-refractivity contribution in [3.63, 3.8) is 0 Å². The molecule has 0 aliphatic rings. The molecular formula is C15H24FNO3. The van der Waals surface area contributed by atoms with Gasteiger partial charge in [-0.15, -0.1) is 0 Å². The van der Waals surface area contributed by atoms with Crippen molar-refractivity contribution in [3.8, 4) is 0 Å². The minimum absolute atomic E-state index is 0.206. The smallest absolute Gasteiger partial charge is 0.123 e. The lowest BCUT2D eigenvalue weighted by atomic mass is 10.1. The van der Waals surface area contributed by atoms with Crippen molar-refractivity contribution in [1.82, 2.24) is 5.32 Å². The van der Waals surface area contributed by atoms with Crippen LogP contribution in [0.3, 0.4) is 0 Å². The van der Waals surface area contributed by atoms with Crippen LogP contribution in [0.25, 0.3) is 0 Å². The molecule has 0 bridgehead atoms. The van der Waals surface area contributed by atoms with Gasteiger partial charge in [-0.25, -0.2) is 4.39 Å². The molecule has 0 aliphatic heterocycles. The third-order valence-electron chi connectivity index (χ3n) is 3.00. The highest BCUT2D eigenvalue weighted by molar-refractivity contribution is 5.26. The van der Waals surface area contributed by atoms with Crippen molar-refractivity contribution >= 4 is 0 Å². The van der Waals surface area contributed by atoms with Crippen molar-refractivity contribution in [1.29, 1.82) is 0 Å². The van der Waals surface area contributed by atoms with Crippen LogP contribution in [0.2, 0.25) is 0 Å². The van der Waals surface area contributed by atoms with E-state index in [2.05, 4.69) is 5.32 Å². The van der Waals surface area contributed by atoms with E-state index >= 15 is 0 Å². The summed E-state index contributed by atoms with van der Waals surface area (Å²) >= 11 is 0. The van der Waals surface area contributed by atoms with E-state index in [4.69, 9.17) is 9.47 Å². The van der Waals surface area contributed by atoms with E-state index in [1.165, 1.54) is 12.1 Å². The molecule has 0 spiro atoms.